The number of imidazole rings is 1. The van der Waals surface area contributed by atoms with Crippen LogP contribution in [0.2, 0.25) is 0 Å². The number of hydrogen-bond donors (Lipinski definition) is 3. The first-order chi connectivity index (χ1) is 8.25. The first-order valence-corrected chi connectivity index (χ1v) is 5.07. The molecular formula is C10H11N5O2. The minimum atomic E-state index is -0.336. The predicted molar refractivity (Wildman–Crippen MR) is 59.5 cm³/mol. The van der Waals surface area contributed by atoms with Gasteiger partial charge in [-0.1, -0.05) is 0 Å². The van der Waals surface area contributed by atoms with Gasteiger partial charge in [0.15, 0.2) is 0 Å². The molecule has 3 N–H and O–H groups in total. The number of rotatable bonds is 4. The van der Waals surface area contributed by atoms with E-state index in [1.54, 1.807) is 12.4 Å². The Morgan fingerprint density at radius 1 is 1.35 bits per heavy atom. The lowest BCUT2D eigenvalue weighted by molar-refractivity contribution is 0.0948. The van der Waals surface area contributed by atoms with Gasteiger partial charge in [-0.2, -0.15) is 0 Å². The van der Waals surface area contributed by atoms with Crippen molar-refractivity contribution in [3.05, 3.63) is 46.7 Å². The van der Waals surface area contributed by atoms with E-state index in [1.165, 1.54) is 6.20 Å². The molecule has 0 atom stereocenters. The number of nitrogens with one attached hydrogen (secondary N) is 3. The van der Waals surface area contributed by atoms with E-state index in [1.807, 2.05) is 0 Å². The van der Waals surface area contributed by atoms with Crippen molar-refractivity contribution in [3.63, 3.8) is 0 Å². The van der Waals surface area contributed by atoms with Gasteiger partial charge in [0, 0.05) is 31.6 Å². The van der Waals surface area contributed by atoms with Crippen molar-refractivity contribution in [1.29, 1.82) is 0 Å². The number of aromatic nitrogens is 4. The number of nitrogens with zero attached hydrogens (tertiary/aromatic N) is 2. The summed E-state index contributed by atoms with van der Waals surface area (Å²) >= 11 is 0. The predicted octanol–water partition coefficient (Wildman–Crippen LogP) is -0.535. The minimum absolute atomic E-state index is 0.184. The summed E-state index contributed by atoms with van der Waals surface area (Å²) in [6, 6.07) is 0. The number of hydrogen-bond acceptors (Lipinski definition) is 4. The highest BCUT2D eigenvalue weighted by Gasteiger charge is 2.06. The van der Waals surface area contributed by atoms with Gasteiger partial charge in [0.2, 0.25) is 0 Å². The number of carbonyl (C=O) groups is 1. The van der Waals surface area contributed by atoms with E-state index in [0.29, 0.717) is 13.0 Å². The molecule has 88 valence electrons. The molecule has 0 aliphatic carbocycles. The van der Waals surface area contributed by atoms with E-state index in [-0.39, 0.29) is 17.2 Å². The van der Waals surface area contributed by atoms with E-state index in [4.69, 9.17) is 0 Å². The van der Waals surface area contributed by atoms with Crippen LogP contribution in [-0.4, -0.2) is 32.4 Å². The molecule has 1 amide bonds. The molecule has 0 aromatic carbocycles. The van der Waals surface area contributed by atoms with Gasteiger partial charge in [-0.25, -0.2) is 9.97 Å². The van der Waals surface area contributed by atoms with Crippen molar-refractivity contribution in [1.82, 2.24) is 25.3 Å². The molecule has 0 saturated carbocycles. The summed E-state index contributed by atoms with van der Waals surface area (Å²) in [4.78, 5) is 35.4. The molecule has 2 aromatic rings. The molecule has 0 spiro atoms. The molecule has 0 saturated heterocycles. The van der Waals surface area contributed by atoms with Crippen LogP contribution in [0.15, 0.2) is 29.6 Å². The van der Waals surface area contributed by atoms with Gasteiger partial charge in [0.25, 0.3) is 11.5 Å². The van der Waals surface area contributed by atoms with Crippen molar-refractivity contribution in [2.24, 2.45) is 0 Å². The summed E-state index contributed by atoms with van der Waals surface area (Å²) in [6.45, 7) is 0.452. The second-order valence-electron chi connectivity index (χ2n) is 3.34. The van der Waals surface area contributed by atoms with Crippen LogP contribution in [-0.2, 0) is 6.42 Å². The smallest absolute Gasteiger partial charge is 0.271 e. The van der Waals surface area contributed by atoms with E-state index < -0.39 is 0 Å². The third-order valence-corrected chi connectivity index (χ3v) is 2.11. The first kappa shape index (κ1) is 11.1. The third-order valence-electron chi connectivity index (χ3n) is 2.11. The molecule has 0 bridgehead atoms. The van der Waals surface area contributed by atoms with Crippen LogP contribution in [0.1, 0.15) is 16.3 Å². The third kappa shape index (κ3) is 3.00. The molecule has 2 heterocycles. The zero-order valence-electron chi connectivity index (χ0n) is 8.93. The maximum atomic E-state index is 11.6. The van der Waals surface area contributed by atoms with Crippen LogP contribution in [0.3, 0.4) is 0 Å². The highest BCUT2D eigenvalue weighted by Crippen LogP contribution is 1.90. The average molecular weight is 233 g/mol. The van der Waals surface area contributed by atoms with Gasteiger partial charge < -0.3 is 15.3 Å². The van der Waals surface area contributed by atoms with Gasteiger partial charge in [-0.15, -0.1) is 0 Å². The molecule has 0 aliphatic heterocycles. The van der Waals surface area contributed by atoms with Crippen LogP contribution < -0.4 is 10.9 Å². The zero-order valence-corrected chi connectivity index (χ0v) is 8.93. The SMILES string of the molecule is O=C(NCCc1ncc[nH]1)c1c[nH]c(=O)cn1. The molecule has 7 nitrogen and oxygen atoms in total. The molecule has 2 aromatic heterocycles. The van der Waals surface area contributed by atoms with Gasteiger partial charge >= 0.3 is 0 Å². The van der Waals surface area contributed by atoms with Gasteiger partial charge in [0.1, 0.15) is 11.5 Å². The Morgan fingerprint density at radius 3 is 2.88 bits per heavy atom. The highest BCUT2D eigenvalue weighted by atomic mass is 16.2. The molecule has 0 fully saturated rings. The topological polar surface area (TPSA) is 104 Å². The average Bonchev–Trinajstić information content (AvgIpc) is 2.83. The normalized spacial score (nSPS) is 10.1. The van der Waals surface area contributed by atoms with E-state index in [9.17, 15) is 9.59 Å². The monoisotopic (exact) mass is 233 g/mol. The van der Waals surface area contributed by atoms with E-state index in [0.717, 1.165) is 12.0 Å². The lowest BCUT2D eigenvalue weighted by Gasteiger charge is -2.02. The van der Waals surface area contributed by atoms with Crippen molar-refractivity contribution in [3.8, 4) is 0 Å². The Balaban J connectivity index is 1.85. The second kappa shape index (κ2) is 5.06. The largest absolute Gasteiger partial charge is 0.350 e. The Hall–Kier alpha value is -2.44. The fourth-order valence-corrected chi connectivity index (χ4v) is 1.29. The van der Waals surface area contributed by atoms with Crippen molar-refractivity contribution in [2.45, 2.75) is 6.42 Å². The van der Waals surface area contributed by atoms with Crippen molar-refractivity contribution >= 4 is 5.91 Å². The summed E-state index contributed by atoms with van der Waals surface area (Å²) in [5.74, 6) is 0.479. The molecule has 0 unspecified atom stereocenters. The van der Waals surface area contributed by atoms with Gasteiger partial charge in [-0.3, -0.25) is 9.59 Å². The molecule has 0 radical (unpaired) electrons. The lowest BCUT2D eigenvalue weighted by Crippen LogP contribution is -2.27. The summed E-state index contributed by atoms with van der Waals surface area (Å²) in [6.07, 6.45) is 6.34. The molecule has 17 heavy (non-hydrogen) atoms. The fourth-order valence-electron chi connectivity index (χ4n) is 1.29. The number of carbonyl (C=O) groups excluding carboxylic acids is 1. The highest BCUT2D eigenvalue weighted by molar-refractivity contribution is 5.91. The number of aromatic amines is 2. The summed E-state index contributed by atoms with van der Waals surface area (Å²) < 4.78 is 0. The van der Waals surface area contributed by atoms with Crippen molar-refractivity contribution < 1.29 is 4.79 Å². The summed E-state index contributed by atoms with van der Waals surface area (Å²) in [5.41, 5.74) is -0.152. The molecular weight excluding hydrogens is 222 g/mol. The quantitative estimate of drug-likeness (QED) is 0.660. The Bertz CT molecular complexity index is 526. The lowest BCUT2D eigenvalue weighted by atomic mass is 10.3. The maximum Gasteiger partial charge on any atom is 0.271 e. The van der Waals surface area contributed by atoms with Crippen LogP contribution in [0, 0.1) is 0 Å². The Labute approximate surface area is 96.3 Å². The van der Waals surface area contributed by atoms with Crippen molar-refractivity contribution in [2.75, 3.05) is 6.54 Å². The van der Waals surface area contributed by atoms with E-state index >= 15 is 0 Å². The van der Waals surface area contributed by atoms with Crippen LogP contribution >= 0.6 is 0 Å². The fraction of sp³-hybridized carbons (Fsp3) is 0.200. The maximum absolute atomic E-state index is 11.6. The standard InChI is InChI=1S/C10H11N5O2/c16-9-6-14-7(5-15-9)10(17)13-2-1-8-11-3-4-12-8/h3-6H,1-2H2,(H,11,12)(H,13,17)(H,15,16). The molecule has 2 rings (SSSR count). The second-order valence-corrected chi connectivity index (χ2v) is 3.34. The van der Waals surface area contributed by atoms with Gasteiger partial charge in [-0.05, 0) is 0 Å². The number of amides is 1. The van der Waals surface area contributed by atoms with Crippen LogP contribution in [0.5, 0.6) is 0 Å². The molecule has 0 aliphatic rings. The number of H-pyrrole nitrogens is 2. The summed E-state index contributed by atoms with van der Waals surface area (Å²) in [5, 5.41) is 2.67. The van der Waals surface area contributed by atoms with Gasteiger partial charge in [0.05, 0.1) is 6.20 Å². The van der Waals surface area contributed by atoms with Crippen LogP contribution in [0.4, 0.5) is 0 Å². The minimum Gasteiger partial charge on any atom is -0.350 e. The first-order valence-electron chi connectivity index (χ1n) is 5.07. The zero-order chi connectivity index (χ0) is 12.1. The van der Waals surface area contributed by atoms with Crippen LogP contribution in [0.25, 0.3) is 0 Å². The van der Waals surface area contributed by atoms with E-state index in [2.05, 4.69) is 25.3 Å². The Kier molecular flexibility index (Phi) is 3.29. The summed E-state index contributed by atoms with van der Waals surface area (Å²) in [7, 11) is 0. The molecule has 7 heteroatoms. The Morgan fingerprint density at radius 2 is 2.24 bits per heavy atom.